The molecule has 8 heteroatoms. The number of hydrogen-bond donors (Lipinski definition) is 1. The van der Waals surface area contributed by atoms with Crippen molar-refractivity contribution in [1.29, 1.82) is 0 Å². The van der Waals surface area contributed by atoms with Crippen LogP contribution in [0.1, 0.15) is 18.4 Å². The Morgan fingerprint density at radius 3 is 2.45 bits per heavy atom. The van der Waals surface area contributed by atoms with Gasteiger partial charge in [-0.2, -0.15) is 0 Å². The summed E-state index contributed by atoms with van der Waals surface area (Å²) in [6, 6.07) is 5.99. The quantitative estimate of drug-likeness (QED) is 0.360. The molecule has 2 aliphatic heterocycles. The van der Waals surface area contributed by atoms with Crippen LogP contribution < -0.4 is 14.8 Å². The van der Waals surface area contributed by atoms with Crippen molar-refractivity contribution < 1.29 is 14.2 Å². The largest absolute Gasteiger partial charge is 0.497 e. The fourth-order valence-corrected chi connectivity index (χ4v) is 4.18. The van der Waals surface area contributed by atoms with Crippen LogP contribution in [-0.4, -0.2) is 107 Å². The van der Waals surface area contributed by atoms with Crippen molar-refractivity contribution in [2.45, 2.75) is 19.4 Å². The number of nitrogens with zero attached hydrogens (tertiary/aromatic N) is 4. The lowest BCUT2D eigenvalue weighted by atomic mass is 10.1. The molecule has 174 valence electrons. The van der Waals surface area contributed by atoms with E-state index in [1.165, 1.54) is 6.42 Å². The molecule has 0 unspecified atom stereocenters. The van der Waals surface area contributed by atoms with E-state index in [-0.39, 0.29) is 0 Å². The summed E-state index contributed by atoms with van der Waals surface area (Å²) >= 11 is 0. The van der Waals surface area contributed by atoms with Gasteiger partial charge in [-0.1, -0.05) is 0 Å². The highest BCUT2D eigenvalue weighted by molar-refractivity contribution is 5.79. The van der Waals surface area contributed by atoms with Crippen molar-refractivity contribution in [3.05, 3.63) is 23.8 Å². The minimum atomic E-state index is 0.863. The molecule has 2 aliphatic rings. The molecule has 2 saturated heterocycles. The van der Waals surface area contributed by atoms with Crippen molar-refractivity contribution in [2.24, 2.45) is 4.99 Å². The summed E-state index contributed by atoms with van der Waals surface area (Å²) in [4.78, 5) is 11.8. The number of hydrogen-bond acceptors (Lipinski definition) is 6. The van der Waals surface area contributed by atoms with Crippen molar-refractivity contribution in [1.82, 2.24) is 20.0 Å². The zero-order valence-corrected chi connectivity index (χ0v) is 19.4. The standard InChI is InChI=1S/C23H39N5O3/c1-24-23(25-8-4-5-9-26-14-16-31-17-15-26)28-12-10-27(11-13-28)19-20-18-21(29-2)6-7-22(20)30-3/h6-7,18H,4-5,8-17,19H2,1-3H3,(H,24,25). The van der Waals surface area contributed by atoms with Crippen molar-refractivity contribution in [2.75, 3.05) is 86.8 Å². The van der Waals surface area contributed by atoms with Gasteiger partial charge in [0.1, 0.15) is 11.5 Å². The number of aliphatic imine (C=N–C) groups is 1. The van der Waals surface area contributed by atoms with Gasteiger partial charge in [-0.05, 0) is 37.6 Å². The molecule has 3 rings (SSSR count). The Morgan fingerprint density at radius 1 is 1.00 bits per heavy atom. The molecule has 2 fully saturated rings. The second kappa shape index (κ2) is 12.7. The van der Waals surface area contributed by atoms with Gasteiger partial charge in [-0.15, -0.1) is 0 Å². The van der Waals surface area contributed by atoms with E-state index in [4.69, 9.17) is 14.2 Å². The van der Waals surface area contributed by atoms with Crippen molar-refractivity contribution >= 4 is 5.96 Å². The van der Waals surface area contributed by atoms with Crippen LogP contribution in [0.2, 0.25) is 0 Å². The summed E-state index contributed by atoms with van der Waals surface area (Å²) in [5, 5.41) is 3.55. The Bertz CT molecular complexity index is 686. The molecule has 0 bridgehead atoms. The van der Waals surface area contributed by atoms with Gasteiger partial charge in [0.05, 0.1) is 27.4 Å². The van der Waals surface area contributed by atoms with Crippen LogP contribution in [0.3, 0.4) is 0 Å². The minimum absolute atomic E-state index is 0.863. The fraction of sp³-hybridized carbons (Fsp3) is 0.696. The van der Waals surface area contributed by atoms with E-state index < -0.39 is 0 Å². The number of ether oxygens (including phenoxy) is 3. The number of morpholine rings is 1. The van der Waals surface area contributed by atoms with Crippen molar-refractivity contribution in [3.8, 4) is 11.5 Å². The molecule has 1 aromatic carbocycles. The highest BCUT2D eigenvalue weighted by atomic mass is 16.5. The molecule has 8 nitrogen and oxygen atoms in total. The Kier molecular flexibility index (Phi) is 9.71. The van der Waals surface area contributed by atoms with Crippen LogP contribution in [0, 0.1) is 0 Å². The number of piperazine rings is 1. The minimum Gasteiger partial charge on any atom is -0.497 e. The van der Waals surface area contributed by atoms with Gasteiger partial charge < -0.3 is 24.4 Å². The predicted octanol–water partition coefficient (Wildman–Crippen LogP) is 1.51. The lowest BCUT2D eigenvalue weighted by molar-refractivity contribution is 0.0372. The predicted molar refractivity (Wildman–Crippen MR) is 124 cm³/mol. The summed E-state index contributed by atoms with van der Waals surface area (Å²) in [6.45, 7) is 10.8. The van der Waals surface area contributed by atoms with E-state index in [0.29, 0.717) is 0 Å². The van der Waals surface area contributed by atoms with E-state index in [1.54, 1.807) is 14.2 Å². The average molecular weight is 434 g/mol. The summed E-state index contributed by atoms with van der Waals surface area (Å²) in [6.07, 6.45) is 2.37. The van der Waals surface area contributed by atoms with Gasteiger partial charge in [-0.3, -0.25) is 14.8 Å². The maximum absolute atomic E-state index is 5.53. The number of guanidine groups is 1. The molecule has 0 atom stereocenters. The van der Waals surface area contributed by atoms with Gasteiger partial charge in [0, 0.05) is 65.0 Å². The molecular formula is C23H39N5O3. The summed E-state index contributed by atoms with van der Waals surface area (Å²) in [5.41, 5.74) is 1.16. The lowest BCUT2D eigenvalue weighted by Crippen LogP contribution is -2.52. The van der Waals surface area contributed by atoms with Crippen LogP contribution in [-0.2, 0) is 11.3 Å². The van der Waals surface area contributed by atoms with E-state index in [1.807, 2.05) is 19.2 Å². The highest BCUT2D eigenvalue weighted by Gasteiger charge is 2.20. The number of methoxy groups -OCH3 is 2. The van der Waals surface area contributed by atoms with Gasteiger partial charge in [0.2, 0.25) is 0 Å². The Labute approximate surface area is 187 Å². The molecule has 0 spiro atoms. The van der Waals surface area contributed by atoms with E-state index in [2.05, 4.69) is 31.1 Å². The molecule has 31 heavy (non-hydrogen) atoms. The molecule has 0 radical (unpaired) electrons. The fourth-order valence-electron chi connectivity index (χ4n) is 4.18. The molecule has 0 aromatic heterocycles. The maximum atomic E-state index is 5.53. The Morgan fingerprint density at radius 2 is 1.77 bits per heavy atom. The summed E-state index contributed by atoms with van der Waals surface area (Å²) in [5.74, 6) is 2.80. The maximum Gasteiger partial charge on any atom is 0.193 e. The second-order valence-corrected chi connectivity index (χ2v) is 8.08. The normalized spacial score (nSPS) is 18.8. The summed E-state index contributed by atoms with van der Waals surface area (Å²) in [7, 11) is 5.30. The van der Waals surface area contributed by atoms with Crippen LogP contribution in [0.15, 0.2) is 23.2 Å². The van der Waals surface area contributed by atoms with Gasteiger partial charge in [-0.25, -0.2) is 0 Å². The SMILES string of the molecule is CN=C(NCCCCN1CCOCC1)N1CCN(Cc2cc(OC)ccc2OC)CC1. The van der Waals surface area contributed by atoms with Crippen LogP contribution >= 0.6 is 0 Å². The topological polar surface area (TPSA) is 61.8 Å². The third-order valence-corrected chi connectivity index (χ3v) is 6.05. The first kappa shape index (κ1) is 23.6. The lowest BCUT2D eigenvalue weighted by Gasteiger charge is -2.36. The zero-order valence-electron chi connectivity index (χ0n) is 19.4. The molecule has 1 aromatic rings. The number of benzene rings is 1. The zero-order chi connectivity index (χ0) is 21.9. The van der Waals surface area contributed by atoms with E-state index in [9.17, 15) is 0 Å². The first-order chi connectivity index (χ1) is 15.2. The molecule has 1 N–H and O–H groups in total. The van der Waals surface area contributed by atoms with Crippen LogP contribution in [0.4, 0.5) is 0 Å². The molecule has 0 aliphatic carbocycles. The Balaban J connectivity index is 1.38. The van der Waals surface area contributed by atoms with Gasteiger partial charge in [0.25, 0.3) is 0 Å². The Hall–Kier alpha value is -2.03. The van der Waals surface area contributed by atoms with Crippen LogP contribution in [0.25, 0.3) is 0 Å². The summed E-state index contributed by atoms with van der Waals surface area (Å²) < 4.78 is 16.3. The van der Waals surface area contributed by atoms with Crippen molar-refractivity contribution in [3.63, 3.8) is 0 Å². The number of rotatable bonds is 9. The third-order valence-electron chi connectivity index (χ3n) is 6.05. The van der Waals surface area contributed by atoms with E-state index in [0.717, 1.165) is 102 Å². The van der Waals surface area contributed by atoms with E-state index >= 15 is 0 Å². The molecular weight excluding hydrogens is 394 g/mol. The van der Waals surface area contributed by atoms with Gasteiger partial charge >= 0.3 is 0 Å². The van der Waals surface area contributed by atoms with Gasteiger partial charge in [0.15, 0.2) is 5.96 Å². The first-order valence-electron chi connectivity index (χ1n) is 11.4. The number of nitrogens with one attached hydrogen (secondary N) is 1. The monoisotopic (exact) mass is 433 g/mol. The molecule has 0 amide bonds. The van der Waals surface area contributed by atoms with Crippen LogP contribution in [0.5, 0.6) is 11.5 Å². The second-order valence-electron chi connectivity index (χ2n) is 8.08. The number of unbranched alkanes of at least 4 members (excludes halogenated alkanes) is 1. The molecule has 0 saturated carbocycles. The first-order valence-corrected chi connectivity index (χ1v) is 11.4. The third kappa shape index (κ3) is 7.26. The smallest absolute Gasteiger partial charge is 0.193 e. The highest BCUT2D eigenvalue weighted by Crippen LogP contribution is 2.25. The molecule has 2 heterocycles. The average Bonchev–Trinajstić information content (AvgIpc) is 2.82.